The van der Waals surface area contributed by atoms with Gasteiger partial charge in [0.15, 0.2) is 0 Å². The van der Waals surface area contributed by atoms with Gasteiger partial charge in [0.1, 0.15) is 6.33 Å². The first kappa shape index (κ1) is 7.80. The van der Waals surface area contributed by atoms with Crippen molar-refractivity contribution in [2.75, 3.05) is 0 Å². The molecule has 0 bridgehead atoms. The van der Waals surface area contributed by atoms with Crippen molar-refractivity contribution in [3.63, 3.8) is 0 Å². The molecule has 0 aromatic carbocycles. The van der Waals surface area contributed by atoms with E-state index in [9.17, 15) is 0 Å². The molecule has 2 aromatic rings. The van der Waals surface area contributed by atoms with E-state index in [1.807, 2.05) is 12.3 Å². The van der Waals surface area contributed by atoms with Gasteiger partial charge >= 0.3 is 0 Å². The molecule has 5 nitrogen and oxygen atoms in total. The predicted molar refractivity (Wildman–Crippen MR) is 41.0 cm³/mol. The van der Waals surface area contributed by atoms with Crippen LogP contribution in [-0.2, 0) is 0 Å². The van der Waals surface area contributed by atoms with Crippen LogP contribution in [0.1, 0.15) is 5.01 Å². The highest BCUT2D eigenvalue weighted by molar-refractivity contribution is 7.09. The van der Waals surface area contributed by atoms with Crippen LogP contribution in [0.5, 0.6) is 0 Å². The van der Waals surface area contributed by atoms with Crippen molar-refractivity contribution in [1.82, 2.24) is 25.6 Å². The monoisotopic (exact) mass is 169 g/mol. The minimum atomic E-state index is 1.13. The van der Waals surface area contributed by atoms with Crippen LogP contribution >= 0.6 is 11.3 Å². The zero-order valence-corrected chi connectivity index (χ0v) is 6.75. The van der Waals surface area contributed by atoms with Crippen molar-refractivity contribution in [3.8, 4) is 0 Å². The fourth-order valence-corrected chi connectivity index (χ4v) is 0.864. The Bertz CT molecular complexity index is 233. The fraction of sp³-hybridized carbons (Fsp3) is 0.200. The first-order chi connectivity index (χ1) is 5.39. The van der Waals surface area contributed by atoms with Gasteiger partial charge in [-0.25, -0.2) is 5.10 Å². The molecule has 2 aromatic heterocycles. The molecule has 0 saturated carbocycles. The van der Waals surface area contributed by atoms with Crippen molar-refractivity contribution in [1.29, 1.82) is 0 Å². The van der Waals surface area contributed by atoms with E-state index in [1.54, 1.807) is 17.5 Å². The summed E-state index contributed by atoms with van der Waals surface area (Å²) in [5.41, 5.74) is 0. The third-order valence-corrected chi connectivity index (χ3v) is 1.53. The average molecular weight is 169 g/mol. The van der Waals surface area contributed by atoms with Gasteiger partial charge < -0.3 is 0 Å². The summed E-state index contributed by atoms with van der Waals surface area (Å²) in [7, 11) is 0. The van der Waals surface area contributed by atoms with E-state index in [4.69, 9.17) is 0 Å². The molecule has 0 fully saturated rings. The zero-order chi connectivity index (χ0) is 7.94. The summed E-state index contributed by atoms with van der Waals surface area (Å²) in [4.78, 5) is 3.94. The van der Waals surface area contributed by atoms with Gasteiger partial charge in [-0.3, -0.25) is 4.98 Å². The Morgan fingerprint density at radius 2 is 2.45 bits per heavy atom. The fourth-order valence-electron chi connectivity index (χ4n) is 0.424. The largest absolute Gasteiger partial charge is 0.250 e. The standard InChI is InChI=1S/C4H5NS.CH2N4/c1-4-5-2-3-6-4;1-2-4-5-3-1/h2-3H,1H3;1H,(H,2,3,4,5). The van der Waals surface area contributed by atoms with Crippen molar-refractivity contribution in [2.24, 2.45) is 0 Å². The molecule has 2 heterocycles. The maximum absolute atomic E-state index is 3.94. The number of tetrazole rings is 1. The van der Waals surface area contributed by atoms with E-state index in [2.05, 4.69) is 25.6 Å². The highest BCUT2D eigenvalue weighted by Crippen LogP contribution is 1.98. The Balaban J connectivity index is 0.000000112. The lowest BCUT2D eigenvalue weighted by Crippen LogP contribution is -1.64. The number of aromatic amines is 1. The van der Waals surface area contributed by atoms with Crippen LogP contribution in [0, 0.1) is 6.92 Å². The second-order valence-corrected chi connectivity index (χ2v) is 2.71. The maximum Gasteiger partial charge on any atom is 0.135 e. The van der Waals surface area contributed by atoms with Crippen LogP contribution < -0.4 is 0 Å². The molecule has 0 amide bonds. The summed E-state index contributed by atoms with van der Waals surface area (Å²) in [6.45, 7) is 1.99. The number of thiazole rings is 1. The van der Waals surface area contributed by atoms with E-state index in [0.717, 1.165) is 5.01 Å². The number of hydrogen-bond acceptors (Lipinski definition) is 5. The number of aromatic nitrogens is 5. The molecular weight excluding hydrogens is 162 g/mol. The summed E-state index contributed by atoms with van der Waals surface area (Å²) in [5, 5.41) is 15.2. The van der Waals surface area contributed by atoms with E-state index in [0.29, 0.717) is 0 Å². The predicted octanol–water partition coefficient (Wildman–Crippen LogP) is 0.651. The minimum Gasteiger partial charge on any atom is -0.250 e. The number of rotatable bonds is 0. The maximum atomic E-state index is 3.94. The molecule has 1 N–H and O–H groups in total. The zero-order valence-electron chi connectivity index (χ0n) is 5.93. The molecule has 0 saturated heterocycles. The Hall–Kier alpha value is -1.30. The Kier molecular flexibility index (Phi) is 3.20. The van der Waals surface area contributed by atoms with Gasteiger partial charge in [0, 0.05) is 11.6 Å². The third kappa shape index (κ3) is 3.41. The van der Waals surface area contributed by atoms with Crippen molar-refractivity contribution in [3.05, 3.63) is 22.9 Å². The first-order valence-electron chi connectivity index (χ1n) is 2.93. The number of H-pyrrole nitrogens is 1. The van der Waals surface area contributed by atoms with E-state index >= 15 is 0 Å². The summed E-state index contributed by atoms with van der Waals surface area (Å²) in [5.74, 6) is 0. The lowest BCUT2D eigenvalue weighted by atomic mass is 10.8. The van der Waals surface area contributed by atoms with Crippen LogP contribution in [-0.4, -0.2) is 25.6 Å². The summed E-state index contributed by atoms with van der Waals surface area (Å²) in [6, 6.07) is 0. The number of nitrogens with one attached hydrogen (secondary N) is 1. The molecule has 11 heavy (non-hydrogen) atoms. The molecule has 0 aliphatic heterocycles. The molecule has 0 radical (unpaired) electrons. The number of nitrogens with zero attached hydrogens (tertiary/aromatic N) is 4. The van der Waals surface area contributed by atoms with Crippen molar-refractivity contribution in [2.45, 2.75) is 6.92 Å². The van der Waals surface area contributed by atoms with Gasteiger partial charge in [-0.1, -0.05) is 0 Å². The second kappa shape index (κ2) is 4.51. The molecule has 2 rings (SSSR count). The quantitative estimate of drug-likeness (QED) is 0.628. The van der Waals surface area contributed by atoms with Crippen LogP contribution in [0.25, 0.3) is 0 Å². The first-order valence-corrected chi connectivity index (χ1v) is 3.81. The van der Waals surface area contributed by atoms with Crippen LogP contribution in [0.2, 0.25) is 0 Å². The summed E-state index contributed by atoms with van der Waals surface area (Å²) < 4.78 is 0. The SMILES string of the molecule is Cc1nccs1.c1nnn[nH]1. The third-order valence-electron chi connectivity index (χ3n) is 0.825. The summed E-state index contributed by atoms with van der Waals surface area (Å²) >= 11 is 1.67. The average Bonchev–Trinajstić information content (AvgIpc) is 2.57. The van der Waals surface area contributed by atoms with Crippen LogP contribution in [0.3, 0.4) is 0 Å². The molecule has 0 spiro atoms. The van der Waals surface area contributed by atoms with E-state index in [1.165, 1.54) is 6.33 Å². The Morgan fingerprint density at radius 3 is 2.64 bits per heavy atom. The normalized spacial score (nSPS) is 8.45. The number of hydrogen-bond donors (Lipinski definition) is 1. The van der Waals surface area contributed by atoms with Crippen LogP contribution in [0.15, 0.2) is 17.9 Å². The molecule has 0 unspecified atom stereocenters. The lowest BCUT2D eigenvalue weighted by molar-refractivity contribution is 0.881. The van der Waals surface area contributed by atoms with Gasteiger partial charge in [-0.05, 0) is 17.4 Å². The minimum absolute atomic E-state index is 1.13. The van der Waals surface area contributed by atoms with Gasteiger partial charge in [0.05, 0.1) is 5.01 Å². The highest BCUT2D eigenvalue weighted by Gasteiger charge is 1.76. The molecular formula is C5H7N5S. The van der Waals surface area contributed by atoms with Gasteiger partial charge in [0.25, 0.3) is 0 Å². The lowest BCUT2D eigenvalue weighted by Gasteiger charge is -1.65. The Morgan fingerprint density at radius 1 is 1.55 bits per heavy atom. The van der Waals surface area contributed by atoms with Gasteiger partial charge in [-0.2, -0.15) is 0 Å². The van der Waals surface area contributed by atoms with Gasteiger partial charge in [-0.15, -0.1) is 16.4 Å². The Labute approximate surface area is 67.5 Å². The van der Waals surface area contributed by atoms with Crippen molar-refractivity contribution < 1.29 is 0 Å². The summed E-state index contributed by atoms with van der Waals surface area (Å²) in [6.07, 6.45) is 3.21. The second-order valence-electron chi connectivity index (χ2n) is 1.61. The molecule has 0 aliphatic rings. The van der Waals surface area contributed by atoms with E-state index < -0.39 is 0 Å². The molecule has 6 heteroatoms. The van der Waals surface area contributed by atoms with Crippen molar-refractivity contribution >= 4 is 11.3 Å². The molecule has 0 atom stereocenters. The topological polar surface area (TPSA) is 67.3 Å². The van der Waals surface area contributed by atoms with Gasteiger partial charge in [0.2, 0.25) is 0 Å². The van der Waals surface area contributed by atoms with E-state index in [-0.39, 0.29) is 0 Å². The molecule has 58 valence electrons. The highest BCUT2D eigenvalue weighted by atomic mass is 32.1. The molecule has 0 aliphatic carbocycles. The van der Waals surface area contributed by atoms with Crippen LogP contribution in [0.4, 0.5) is 0 Å². The number of aryl methyl sites for hydroxylation is 1. The smallest absolute Gasteiger partial charge is 0.135 e.